The Hall–Kier alpha value is -0.0505. The van der Waals surface area contributed by atoms with Crippen LogP contribution in [-0.2, 0) is 0 Å². The first-order valence-electron chi connectivity index (χ1n) is 7.10. The number of rotatable bonds is 3. The molecule has 2 fully saturated rings. The Kier molecular flexibility index (Phi) is 4.59. The number of aliphatic hydroxyl groups excluding tert-OH is 1. The maximum Gasteiger partial charge on any atom is -1.00 e. The Bertz CT molecular complexity index is 465. The van der Waals surface area contributed by atoms with E-state index in [1.54, 1.807) is 0 Å². The van der Waals surface area contributed by atoms with Crippen LogP contribution in [-0.4, -0.2) is 29.6 Å². The van der Waals surface area contributed by atoms with E-state index in [0.717, 1.165) is 22.6 Å². The standard InChI is InChI=1S/C16H23O2Se.ClH/c1-15(2)12-8-9-16(15,14(17)10-12)11-19(18)13-6-4-3-5-7-13;/h3-7,12,14,17-18H,8-11H2,1-2H3;1H/q+1;/p-1/t12-,14-,16-,19?;/m1./s1. The second-order valence-electron chi connectivity index (χ2n) is 6.69. The summed E-state index contributed by atoms with van der Waals surface area (Å²) in [6.45, 7) is 4.59. The third-order valence-corrected chi connectivity index (χ3v) is 9.17. The van der Waals surface area contributed by atoms with Crippen molar-refractivity contribution in [2.24, 2.45) is 16.7 Å². The van der Waals surface area contributed by atoms with Gasteiger partial charge in [0.15, 0.2) is 0 Å². The van der Waals surface area contributed by atoms with Gasteiger partial charge in [-0.25, -0.2) is 0 Å². The fraction of sp³-hybridized carbons (Fsp3) is 0.625. The number of benzene rings is 1. The van der Waals surface area contributed by atoms with Crippen molar-refractivity contribution in [2.75, 3.05) is 0 Å². The van der Waals surface area contributed by atoms with E-state index >= 15 is 0 Å². The number of halogens is 1. The molecule has 1 unspecified atom stereocenters. The Labute approximate surface area is 132 Å². The third kappa shape index (κ3) is 2.24. The van der Waals surface area contributed by atoms with E-state index in [-0.39, 0.29) is 29.3 Å². The zero-order chi connectivity index (χ0) is 13.7. The normalized spacial score (nSPS) is 35.6. The molecule has 2 bridgehead atoms. The van der Waals surface area contributed by atoms with Crippen LogP contribution in [0.4, 0.5) is 0 Å². The molecule has 0 saturated heterocycles. The van der Waals surface area contributed by atoms with Gasteiger partial charge in [0.05, 0.1) is 0 Å². The summed E-state index contributed by atoms with van der Waals surface area (Å²) >= 11 is -1.80. The van der Waals surface area contributed by atoms with Crippen molar-refractivity contribution in [3.63, 3.8) is 0 Å². The fourth-order valence-corrected chi connectivity index (χ4v) is 8.13. The van der Waals surface area contributed by atoms with E-state index in [1.165, 1.54) is 6.42 Å². The van der Waals surface area contributed by atoms with Gasteiger partial charge in [-0.1, -0.05) is 0 Å². The van der Waals surface area contributed by atoms with Gasteiger partial charge < -0.3 is 12.4 Å². The van der Waals surface area contributed by atoms with Gasteiger partial charge in [-0.2, -0.15) is 0 Å². The topological polar surface area (TPSA) is 40.5 Å². The molecule has 0 heterocycles. The summed E-state index contributed by atoms with van der Waals surface area (Å²) in [7, 11) is 0. The first-order chi connectivity index (χ1) is 8.97. The fourth-order valence-electron chi connectivity index (χ4n) is 4.28. The maximum absolute atomic E-state index is 10.7. The molecule has 2 aliphatic rings. The Morgan fingerprint density at radius 1 is 1.25 bits per heavy atom. The van der Waals surface area contributed by atoms with Gasteiger partial charge in [0.25, 0.3) is 0 Å². The maximum atomic E-state index is 10.7. The second kappa shape index (κ2) is 5.62. The molecule has 1 aromatic carbocycles. The van der Waals surface area contributed by atoms with Crippen LogP contribution in [0.1, 0.15) is 33.1 Å². The second-order valence-corrected chi connectivity index (χ2v) is 9.81. The van der Waals surface area contributed by atoms with Crippen LogP contribution < -0.4 is 16.9 Å². The van der Waals surface area contributed by atoms with E-state index in [9.17, 15) is 9.30 Å². The number of hydrogen-bond acceptors (Lipinski definition) is 2. The molecular weight excluding hydrogens is 339 g/mol. The quantitative estimate of drug-likeness (QED) is 0.683. The van der Waals surface area contributed by atoms with Gasteiger partial charge in [0.1, 0.15) is 0 Å². The third-order valence-electron chi connectivity index (χ3n) is 5.80. The number of fused-ring (bicyclic) bond motifs is 2. The predicted octanol–water partition coefficient (Wildman–Crippen LogP) is -0.931. The van der Waals surface area contributed by atoms with Crippen LogP contribution >= 0.6 is 0 Å². The van der Waals surface area contributed by atoms with E-state index in [4.69, 9.17) is 0 Å². The molecule has 112 valence electrons. The molecule has 1 aromatic rings. The molecule has 0 radical (unpaired) electrons. The minimum atomic E-state index is -1.80. The van der Waals surface area contributed by atoms with Crippen LogP contribution in [0.5, 0.6) is 0 Å². The van der Waals surface area contributed by atoms with Crippen molar-refractivity contribution in [1.29, 1.82) is 0 Å². The molecule has 2 N–H and O–H groups in total. The van der Waals surface area contributed by atoms with Crippen LogP contribution in [0.25, 0.3) is 0 Å². The first-order valence-corrected chi connectivity index (χ1v) is 9.94. The van der Waals surface area contributed by atoms with Gasteiger partial charge in [0.2, 0.25) is 0 Å². The van der Waals surface area contributed by atoms with Crippen LogP contribution in [0, 0.1) is 16.7 Å². The summed E-state index contributed by atoms with van der Waals surface area (Å²) in [5.41, 5.74) is 0.124. The van der Waals surface area contributed by atoms with E-state index in [1.807, 2.05) is 30.3 Å². The monoisotopic (exact) mass is 362 g/mol. The van der Waals surface area contributed by atoms with Crippen molar-refractivity contribution in [3.8, 4) is 0 Å². The van der Waals surface area contributed by atoms with Crippen LogP contribution in [0.3, 0.4) is 0 Å². The first kappa shape index (κ1) is 16.3. The van der Waals surface area contributed by atoms with Gasteiger partial charge in [-0.05, 0) is 0 Å². The van der Waals surface area contributed by atoms with Gasteiger partial charge in [-0.15, -0.1) is 0 Å². The summed E-state index contributed by atoms with van der Waals surface area (Å²) < 4.78 is 11.8. The van der Waals surface area contributed by atoms with Gasteiger partial charge in [0, 0.05) is 0 Å². The van der Waals surface area contributed by atoms with Crippen molar-refractivity contribution < 1.29 is 21.7 Å². The summed E-state index contributed by atoms with van der Waals surface area (Å²) in [4.78, 5) is 0. The summed E-state index contributed by atoms with van der Waals surface area (Å²) in [5, 5.41) is 11.3. The Morgan fingerprint density at radius 3 is 2.40 bits per heavy atom. The molecule has 3 rings (SSSR count). The van der Waals surface area contributed by atoms with Crippen LogP contribution in [0.2, 0.25) is 5.32 Å². The molecule has 0 amide bonds. The SMILES string of the molecule is CC1(C)[C@@H]2CC[C@@]1(C[Se+](O)c1ccccc1)[C@H](O)C2.[Cl-]. The average molecular weight is 362 g/mol. The van der Waals surface area contributed by atoms with Crippen molar-refractivity contribution in [2.45, 2.75) is 44.5 Å². The summed E-state index contributed by atoms with van der Waals surface area (Å²) in [6, 6.07) is 10.0. The van der Waals surface area contributed by atoms with Gasteiger partial charge >= 0.3 is 120 Å². The minimum absolute atomic E-state index is 0. The zero-order valence-corrected chi connectivity index (χ0v) is 14.5. The Balaban J connectivity index is 0.00000147. The Morgan fingerprint density at radius 2 is 1.90 bits per heavy atom. The van der Waals surface area contributed by atoms with E-state index in [0.29, 0.717) is 5.92 Å². The molecular formula is C16H23ClO2Se. The van der Waals surface area contributed by atoms with Crippen LogP contribution in [0.15, 0.2) is 30.3 Å². The smallest absolute Gasteiger partial charge is 1.00 e. The molecule has 0 aromatic heterocycles. The molecule has 20 heavy (non-hydrogen) atoms. The number of aliphatic hydroxyl groups is 1. The molecule has 4 atom stereocenters. The van der Waals surface area contributed by atoms with Gasteiger partial charge in [-0.3, -0.25) is 0 Å². The molecule has 4 heteroatoms. The number of hydrogen-bond donors (Lipinski definition) is 2. The van der Waals surface area contributed by atoms with E-state index in [2.05, 4.69) is 13.8 Å². The molecule has 2 aliphatic carbocycles. The molecule has 0 spiro atoms. The largest absolute Gasteiger partial charge is 1.00 e. The molecule has 0 aliphatic heterocycles. The average Bonchev–Trinajstić information content (AvgIpc) is 2.74. The van der Waals surface area contributed by atoms with Crippen molar-refractivity contribution >= 4 is 18.7 Å². The summed E-state index contributed by atoms with van der Waals surface area (Å²) in [5.74, 6) is 0.636. The van der Waals surface area contributed by atoms with Crippen molar-refractivity contribution in [3.05, 3.63) is 30.3 Å². The zero-order valence-electron chi connectivity index (χ0n) is 12.1. The van der Waals surface area contributed by atoms with Crippen molar-refractivity contribution in [1.82, 2.24) is 0 Å². The predicted molar refractivity (Wildman–Crippen MR) is 78.4 cm³/mol. The molecule has 2 nitrogen and oxygen atoms in total. The molecule has 2 saturated carbocycles. The van der Waals surface area contributed by atoms with E-state index < -0.39 is 14.2 Å². The summed E-state index contributed by atoms with van der Waals surface area (Å²) in [6.07, 6.45) is 3.01. The minimum Gasteiger partial charge on any atom is -1.00 e.